The van der Waals surface area contributed by atoms with E-state index in [0.29, 0.717) is 12.5 Å². The first-order valence-electron chi connectivity index (χ1n) is 6.28. The average Bonchev–Trinajstić information content (AvgIpc) is 2.76. The highest BCUT2D eigenvalue weighted by Crippen LogP contribution is 2.07. The minimum Gasteiger partial charge on any atom is -0.370 e. The van der Waals surface area contributed by atoms with Crippen molar-refractivity contribution < 1.29 is 0 Å². The summed E-state index contributed by atoms with van der Waals surface area (Å²) in [6.45, 7) is 8.80. The molecule has 1 aromatic rings. The van der Waals surface area contributed by atoms with Crippen molar-refractivity contribution in [1.29, 1.82) is 0 Å². The molecule has 4 nitrogen and oxygen atoms in total. The maximum absolute atomic E-state index is 5.78. The molecule has 0 radical (unpaired) electrons. The largest absolute Gasteiger partial charge is 0.370 e. The van der Waals surface area contributed by atoms with Crippen LogP contribution in [0.5, 0.6) is 0 Å². The monoisotopic (exact) mass is 396 g/mol. The van der Waals surface area contributed by atoms with E-state index in [1.165, 1.54) is 4.88 Å². The average molecular weight is 396 g/mol. The fraction of sp³-hybridized carbons (Fsp3) is 0.615. The second-order valence-electron chi connectivity index (χ2n) is 5.20. The number of nitrogens with one attached hydrogen (secondary N) is 2. The van der Waals surface area contributed by atoms with Crippen LogP contribution in [-0.4, -0.2) is 31.1 Å². The van der Waals surface area contributed by atoms with Crippen LogP contribution in [-0.2, 0) is 6.42 Å². The van der Waals surface area contributed by atoms with Crippen LogP contribution in [0.1, 0.15) is 25.6 Å². The third-order valence-corrected chi connectivity index (χ3v) is 3.24. The van der Waals surface area contributed by atoms with E-state index in [0.717, 1.165) is 19.5 Å². The third-order valence-electron chi connectivity index (χ3n) is 2.31. The van der Waals surface area contributed by atoms with Crippen LogP contribution < -0.4 is 16.4 Å². The number of guanidine groups is 1. The van der Waals surface area contributed by atoms with Crippen LogP contribution in [0.25, 0.3) is 0 Å². The molecule has 0 spiro atoms. The van der Waals surface area contributed by atoms with Crippen molar-refractivity contribution in [2.24, 2.45) is 10.7 Å². The fourth-order valence-electron chi connectivity index (χ4n) is 1.43. The number of thiophene rings is 1. The molecule has 0 aliphatic heterocycles. The molecular weight excluding hydrogens is 371 g/mol. The highest BCUT2D eigenvalue weighted by Gasteiger charge is 2.06. The Kier molecular flexibility index (Phi) is 9.38. The number of nitrogens with zero attached hydrogens (tertiary/aromatic N) is 1. The maximum atomic E-state index is 5.78. The predicted molar refractivity (Wildman–Crippen MR) is 95.7 cm³/mol. The summed E-state index contributed by atoms with van der Waals surface area (Å²) in [6, 6.07) is 4.20. The summed E-state index contributed by atoms with van der Waals surface area (Å²) in [5.41, 5.74) is 5.91. The lowest BCUT2D eigenvalue weighted by molar-refractivity contribution is 0.432. The van der Waals surface area contributed by atoms with Crippen molar-refractivity contribution in [3.8, 4) is 0 Å². The highest BCUT2D eigenvalue weighted by molar-refractivity contribution is 14.0. The number of nitrogens with two attached hydrogens (primary N) is 1. The zero-order valence-electron chi connectivity index (χ0n) is 11.9. The molecular formula is C13H25IN4S. The van der Waals surface area contributed by atoms with Crippen molar-refractivity contribution >= 4 is 41.3 Å². The van der Waals surface area contributed by atoms with Gasteiger partial charge in [0.1, 0.15) is 0 Å². The normalized spacial score (nSPS) is 12.1. The smallest absolute Gasteiger partial charge is 0.188 e. The molecule has 0 amide bonds. The lowest BCUT2D eigenvalue weighted by atomic mass is 10.1. The summed E-state index contributed by atoms with van der Waals surface area (Å²) in [5, 5.41) is 8.58. The SMILES string of the molecule is CC(C)(C)NCCN=C(N)NCCc1cccs1.I. The van der Waals surface area contributed by atoms with Crippen molar-refractivity contribution in [2.45, 2.75) is 32.7 Å². The molecule has 0 saturated carbocycles. The van der Waals surface area contributed by atoms with Gasteiger partial charge in [0.15, 0.2) is 5.96 Å². The Morgan fingerprint density at radius 3 is 2.68 bits per heavy atom. The van der Waals surface area contributed by atoms with Gasteiger partial charge in [0, 0.05) is 23.5 Å². The first-order chi connectivity index (χ1) is 8.47. The minimum absolute atomic E-state index is 0. The number of aliphatic imine (C=N–C) groups is 1. The van der Waals surface area contributed by atoms with Gasteiger partial charge in [0.2, 0.25) is 0 Å². The Morgan fingerprint density at radius 1 is 1.37 bits per heavy atom. The Bertz CT molecular complexity index is 357. The van der Waals surface area contributed by atoms with Crippen LogP contribution in [0.4, 0.5) is 0 Å². The zero-order chi connectivity index (χ0) is 13.4. The molecule has 1 aromatic heterocycles. The van der Waals surface area contributed by atoms with E-state index in [4.69, 9.17) is 5.73 Å². The Balaban J connectivity index is 0.00000324. The Hall–Kier alpha value is -0.340. The quantitative estimate of drug-likeness (QED) is 0.299. The molecule has 0 atom stereocenters. The number of halogens is 1. The van der Waals surface area contributed by atoms with Crippen molar-refractivity contribution in [1.82, 2.24) is 10.6 Å². The van der Waals surface area contributed by atoms with E-state index < -0.39 is 0 Å². The van der Waals surface area contributed by atoms with Gasteiger partial charge in [-0.2, -0.15) is 0 Å². The van der Waals surface area contributed by atoms with Crippen molar-refractivity contribution in [2.75, 3.05) is 19.6 Å². The zero-order valence-corrected chi connectivity index (χ0v) is 15.0. The molecule has 6 heteroatoms. The first kappa shape index (κ1) is 18.7. The third kappa shape index (κ3) is 10.1. The molecule has 1 heterocycles. The topological polar surface area (TPSA) is 62.4 Å². The van der Waals surface area contributed by atoms with Crippen molar-refractivity contribution in [3.05, 3.63) is 22.4 Å². The molecule has 0 bridgehead atoms. The van der Waals surface area contributed by atoms with Gasteiger partial charge in [0.25, 0.3) is 0 Å². The summed E-state index contributed by atoms with van der Waals surface area (Å²) >= 11 is 1.77. The second kappa shape index (κ2) is 9.55. The lowest BCUT2D eigenvalue weighted by Crippen LogP contribution is -2.38. The van der Waals surface area contributed by atoms with Gasteiger partial charge in [0.05, 0.1) is 6.54 Å². The fourth-order valence-corrected chi connectivity index (χ4v) is 2.14. The molecule has 19 heavy (non-hydrogen) atoms. The van der Waals surface area contributed by atoms with Gasteiger partial charge >= 0.3 is 0 Å². The molecule has 0 saturated heterocycles. The Labute approximate surface area is 137 Å². The minimum atomic E-state index is 0. The first-order valence-corrected chi connectivity index (χ1v) is 7.16. The summed E-state index contributed by atoms with van der Waals surface area (Å²) in [6.07, 6.45) is 0.994. The summed E-state index contributed by atoms with van der Waals surface area (Å²) in [7, 11) is 0. The lowest BCUT2D eigenvalue weighted by Gasteiger charge is -2.19. The summed E-state index contributed by atoms with van der Waals surface area (Å²) in [5.74, 6) is 0.530. The van der Waals surface area contributed by atoms with E-state index in [9.17, 15) is 0 Å². The number of rotatable bonds is 6. The molecule has 0 aromatic carbocycles. The molecule has 0 aliphatic rings. The number of hydrogen-bond donors (Lipinski definition) is 3. The van der Waals surface area contributed by atoms with Gasteiger partial charge < -0.3 is 16.4 Å². The molecule has 0 aliphatic carbocycles. The van der Waals surface area contributed by atoms with Crippen LogP contribution >= 0.6 is 35.3 Å². The van der Waals surface area contributed by atoms with Crippen LogP contribution in [0.15, 0.2) is 22.5 Å². The predicted octanol–water partition coefficient (Wildman–Crippen LogP) is 2.20. The van der Waals surface area contributed by atoms with E-state index in [-0.39, 0.29) is 29.5 Å². The van der Waals surface area contributed by atoms with E-state index in [2.05, 4.69) is 53.9 Å². The molecule has 0 fully saturated rings. The Morgan fingerprint density at radius 2 is 2.11 bits per heavy atom. The van der Waals surface area contributed by atoms with E-state index in [1.54, 1.807) is 11.3 Å². The van der Waals surface area contributed by atoms with Gasteiger partial charge in [-0.05, 0) is 38.6 Å². The van der Waals surface area contributed by atoms with Gasteiger partial charge in [-0.3, -0.25) is 4.99 Å². The van der Waals surface area contributed by atoms with E-state index in [1.807, 2.05) is 0 Å². The van der Waals surface area contributed by atoms with E-state index >= 15 is 0 Å². The maximum Gasteiger partial charge on any atom is 0.188 e. The summed E-state index contributed by atoms with van der Waals surface area (Å²) < 4.78 is 0. The highest BCUT2D eigenvalue weighted by atomic mass is 127. The standard InChI is InChI=1S/C13H24N4S.HI/c1-13(2,3)17-9-8-16-12(14)15-7-6-11-5-4-10-18-11;/h4-5,10,17H,6-9H2,1-3H3,(H3,14,15,16);1H. The van der Waals surface area contributed by atoms with Crippen LogP contribution in [0.2, 0.25) is 0 Å². The molecule has 4 N–H and O–H groups in total. The number of hydrogen-bond acceptors (Lipinski definition) is 3. The molecule has 1 rings (SSSR count). The van der Waals surface area contributed by atoms with Gasteiger partial charge in [-0.1, -0.05) is 6.07 Å². The molecule has 0 unspecified atom stereocenters. The van der Waals surface area contributed by atoms with Crippen LogP contribution in [0.3, 0.4) is 0 Å². The summed E-state index contributed by atoms with van der Waals surface area (Å²) in [4.78, 5) is 5.64. The van der Waals surface area contributed by atoms with Crippen LogP contribution in [0, 0.1) is 0 Å². The molecule has 110 valence electrons. The second-order valence-corrected chi connectivity index (χ2v) is 6.23. The van der Waals surface area contributed by atoms with Gasteiger partial charge in [-0.15, -0.1) is 35.3 Å². The van der Waals surface area contributed by atoms with Gasteiger partial charge in [-0.25, -0.2) is 0 Å². The van der Waals surface area contributed by atoms with Crippen molar-refractivity contribution in [3.63, 3.8) is 0 Å².